The molecule has 4 nitrogen and oxygen atoms in total. The fraction of sp³-hybridized carbons (Fsp3) is 0.333. The van der Waals surface area contributed by atoms with E-state index in [1.54, 1.807) is 0 Å². The Morgan fingerprint density at radius 2 is 1.89 bits per heavy atom. The van der Waals surface area contributed by atoms with Crippen molar-refractivity contribution in [1.29, 1.82) is 0 Å². The summed E-state index contributed by atoms with van der Waals surface area (Å²) in [7, 11) is 1.96. The highest BCUT2D eigenvalue weighted by Gasteiger charge is 2.17. The molecule has 0 amide bonds. The van der Waals surface area contributed by atoms with E-state index >= 15 is 0 Å². The molecule has 1 aromatic heterocycles. The molecule has 0 atom stereocenters. The first-order chi connectivity index (χ1) is 9.19. The molecule has 3 rings (SSSR count). The van der Waals surface area contributed by atoms with Gasteiger partial charge in [-0.05, 0) is 50.2 Å². The second kappa shape index (κ2) is 4.63. The summed E-state index contributed by atoms with van der Waals surface area (Å²) in [5, 5.41) is 3.18. The van der Waals surface area contributed by atoms with Crippen LogP contribution in [0.4, 0.5) is 0 Å². The van der Waals surface area contributed by atoms with Crippen LogP contribution >= 0.6 is 0 Å². The lowest BCUT2D eigenvalue weighted by Crippen LogP contribution is -2.04. The van der Waals surface area contributed by atoms with Crippen LogP contribution in [0, 0.1) is 13.8 Å². The van der Waals surface area contributed by atoms with Gasteiger partial charge in [-0.2, -0.15) is 0 Å². The predicted molar refractivity (Wildman–Crippen MR) is 74.6 cm³/mol. The van der Waals surface area contributed by atoms with Gasteiger partial charge >= 0.3 is 0 Å². The highest BCUT2D eigenvalue weighted by molar-refractivity contribution is 5.69. The molecule has 1 aliphatic rings. The third-order valence-corrected chi connectivity index (χ3v) is 3.50. The van der Waals surface area contributed by atoms with E-state index in [2.05, 4.69) is 30.2 Å². The van der Waals surface area contributed by atoms with Crippen LogP contribution in [0.1, 0.15) is 16.8 Å². The third kappa shape index (κ3) is 2.08. The highest BCUT2D eigenvalue weighted by Crippen LogP contribution is 2.38. The number of aryl methyl sites for hydroxylation is 2. The topological polar surface area (TPSA) is 46.3 Å². The first-order valence-corrected chi connectivity index (χ1v) is 6.42. The van der Waals surface area contributed by atoms with Crippen molar-refractivity contribution in [3.05, 3.63) is 35.0 Å². The van der Waals surface area contributed by atoms with Crippen LogP contribution in [0.25, 0.3) is 11.3 Å². The van der Waals surface area contributed by atoms with Gasteiger partial charge in [0.1, 0.15) is 0 Å². The van der Waals surface area contributed by atoms with Crippen molar-refractivity contribution in [2.24, 2.45) is 0 Å². The fourth-order valence-corrected chi connectivity index (χ4v) is 2.45. The summed E-state index contributed by atoms with van der Waals surface area (Å²) in [5.41, 5.74) is 5.95. The van der Waals surface area contributed by atoms with E-state index in [1.807, 2.05) is 19.2 Å². The van der Waals surface area contributed by atoms with Crippen molar-refractivity contribution in [3.63, 3.8) is 0 Å². The average Bonchev–Trinajstić information content (AvgIpc) is 2.96. The van der Waals surface area contributed by atoms with Crippen LogP contribution < -0.4 is 14.8 Å². The van der Waals surface area contributed by atoms with Crippen LogP contribution in [0.3, 0.4) is 0 Å². The molecule has 2 aromatic rings. The summed E-state index contributed by atoms with van der Waals surface area (Å²) < 4.78 is 10.8. The maximum absolute atomic E-state index is 5.45. The molecule has 4 heteroatoms. The number of aromatic amines is 1. The Labute approximate surface area is 112 Å². The molecule has 0 saturated heterocycles. The second-order valence-corrected chi connectivity index (χ2v) is 4.88. The van der Waals surface area contributed by atoms with E-state index < -0.39 is 0 Å². The zero-order valence-electron chi connectivity index (χ0n) is 11.5. The van der Waals surface area contributed by atoms with Gasteiger partial charge in [-0.3, -0.25) is 0 Å². The van der Waals surface area contributed by atoms with Crippen molar-refractivity contribution < 1.29 is 9.47 Å². The molecule has 2 heterocycles. The van der Waals surface area contributed by atoms with Crippen molar-refractivity contribution >= 4 is 0 Å². The summed E-state index contributed by atoms with van der Waals surface area (Å²) in [6, 6.07) is 6.27. The Bertz CT molecular complexity index is 617. The molecule has 0 fully saturated rings. The Kier molecular flexibility index (Phi) is 2.95. The number of rotatable bonds is 3. The molecule has 0 radical (unpaired) electrons. The van der Waals surface area contributed by atoms with Gasteiger partial charge in [0.15, 0.2) is 11.5 Å². The Balaban J connectivity index is 2.04. The minimum atomic E-state index is 0.312. The number of fused-ring (bicyclic) bond motifs is 1. The Morgan fingerprint density at radius 1 is 1.16 bits per heavy atom. The van der Waals surface area contributed by atoms with E-state index in [0.29, 0.717) is 6.79 Å². The summed E-state index contributed by atoms with van der Waals surface area (Å²) in [6.07, 6.45) is 0. The van der Waals surface area contributed by atoms with Gasteiger partial charge in [0, 0.05) is 23.5 Å². The molecule has 0 bridgehead atoms. The maximum atomic E-state index is 5.45. The number of H-pyrrole nitrogens is 1. The Morgan fingerprint density at radius 3 is 2.63 bits per heavy atom. The summed E-state index contributed by atoms with van der Waals surface area (Å²) >= 11 is 0. The zero-order valence-corrected chi connectivity index (χ0v) is 11.5. The fourth-order valence-electron chi connectivity index (χ4n) is 2.45. The van der Waals surface area contributed by atoms with E-state index in [-0.39, 0.29) is 0 Å². The molecule has 0 aliphatic carbocycles. The molecule has 1 aromatic carbocycles. The molecule has 0 unspecified atom stereocenters. The van der Waals surface area contributed by atoms with Crippen molar-refractivity contribution in [3.8, 4) is 22.8 Å². The Hall–Kier alpha value is -1.94. The smallest absolute Gasteiger partial charge is 0.231 e. The second-order valence-electron chi connectivity index (χ2n) is 4.88. The molecule has 100 valence electrons. The number of hydrogen-bond donors (Lipinski definition) is 2. The largest absolute Gasteiger partial charge is 0.454 e. The SMILES string of the molecule is CNCc1cc(-c2cc3c(cc2C)OCO3)[nH]c1C. The highest BCUT2D eigenvalue weighted by atomic mass is 16.7. The summed E-state index contributed by atoms with van der Waals surface area (Å²) in [6.45, 7) is 5.36. The lowest BCUT2D eigenvalue weighted by Gasteiger charge is -2.05. The van der Waals surface area contributed by atoms with Gasteiger partial charge in [0.25, 0.3) is 0 Å². The summed E-state index contributed by atoms with van der Waals surface area (Å²) in [5.74, 6) is 1.66. The lowest BCUT2D eigenvalue weighted by molar-refractivity contribution is 0.174. The van der Waals surface area contributed by atoms with Crippen LogP contribution in [0.2, 0.25) is 0 Å². The molecule has 2 N–H and O–H groups in total. The van der Waals surface area contributed by atoms with Crippen LogP contribution in [0.5, 0.6) is 11.5 Å². The predicted octanol–water partition coefficient (Wildman–Crippen LogP) is 2.75. The average molecular weight is 258 g/mol. The van der Waals surface area contributed by atoms with Crippen molar-refractivity contribution in [1.82, 2.24) is 10.3 Å². The summed E-state index contributed by atoms with van der Waals surface area (Å²) in [4.78, 5) is 3.44. The van der Waals surface area contributed by atoms with Gasteiger partial charge in [0.2, 0.25) is 6.79 Å². The van der Waals surface area contributed by atoms with Crippen LogP contribution in [-0.4, -0.2) is 18.8 Å². The van der Waals surface area contributed by atoms with Gasteiger partial charge in [-0.25, -0.2) is 0 Å². The number of aromatic nitrogens is 1. The lowest BCUT2D eigenvalue weighted by atomic mass is 10.0. The van der Waals surface area contributed by atoms with Crippen LogP contribution in [0.15, 0.2) is 18.2 Å². The quantitative estimate of drug-likeness (QED) is 0.890. The third-order valence-electron chi connectivity index (χ3n) is 3.50. The van der Waals surface area contributed by atoms with Gasteiger partial charge in [-0.15, -0.1) is 0 Å². The van der Waals surface area contributed by atoms with Crippen molar-refractivity contribution in [2.45, 2.75) is 20.4 Å². The van der Waals surface area contributed by atoms with Crippen LogP contribution in [-0.2, 0) is 6.54 Å². The van der Waals surface area contributed by atoms with Gasteiger partial charge < -0.3 is 19.8 Å². The van der Waals surface area contributed by atoms with Crippen molar-refractivity contribution in [2.75, 3.05) is 13.8 Å². The monoisotopic (exact) mass is 258 g/mol. The normalized spacial score (nSPS) is 13.0. The first kappa shape index (κ1) is 12.1. The number of ether oxygens (including phenoxy) is 2. The number of nitrogens with one attached hydrogen (secondary N) is 2. The van der Waals surface area contributed by atoms with E-state index in [1.165, 1.54) is 16.8 Å². The molecular weight excluding hydrogens is 240 g/mol. The van der Waals surface area contributed by atoms with Gasteiger partial charge in [-0.1, -0.05) is 0 Å². The van der Waals surface area contributed by atoms with E-state index in [9.17, 15) is 0 Å². The van der Waals surface area contributed by atoms with Gasteiger partial charge in [0.05, 0.1) is 0 Å². The minimum absolute atomic E-state index is 0.312. The standard InChI is InChI=1S/C15H18N2O2/c1-9-4-14-15(19-8-18-14)6-12(9)13-5-11(7-16-3)10(2)17-13/h4-6,16-17H,7-8H2,1-3H3. The molecule has 0 spiro atoms. The minimum Gasteiger partial charge on any atom is -0.454 e. The first-order valence-electron chi connectivity index (χ1n) is 6.42. The molecule has 0 saturated carbocycles. The maximum Gasteiger partial charge on any atom is 0.231 e. The molecule has 1 aliphatic heterocycles. The van der Waals surface area contributed by atoms with E-state index in [0.717, 1.165) is 29.3 Å². The molecule has 19 heavy (non-hydrogen) atoms. The van der Waals surface area contributed by atoms with E-state index in [4.69, 9.17) is 9.47 Å². The molecular formula is C15H18N2O2. The zero-order chi connectivity index (χ0) is 13.4. The number of benzene rings is 1. The number of hydrogen-bond acceptors (Lipinski definition) is 3.